The summed E-state index contributed by atoms with van der Waals surface area (Å²) in [6.45, 7) is 0.505. The van der Waals surface area contributed by atoms with Crippen LogP contribution in [0.1, 0.15) is 12.0 Å². The van der Waals surface area contributed by atoms with E-state index in [1.807, 2.05) is 18.2 Å². The molecule has 1 atom stereocenters. The standard InChI is InChI=1S/C11H10Br2ClNO3S/c12-8-1-2-10(13)7(3-8)5-15-6-9(4-11(15)16)19(14,17)18/h1-3,9H,4-6H2. The molecule has 1 saturated heterocycles. The number of rotatable bonds is 3. The summed E-state index contributed by atoms with van der Waals surface area (Å²) in [5, 5.41) is -0.812. The van der Waals surface area contributed by atoms with Gasteiger partial charge < -0.3 is 4.90 Å². The van der Waals surface area contributed by atoms with Gasteiger partial charge in [0.2, 0.25) is 15.0 Å². The summed E-state index contributed by atoms with van der Waals surface area (Å²) in [6, 6.07) is 5.64. The lowest BCUT2D eigenvalue weighted by Crippen LogP contribution is -2.26. The number of carbonyl (C=O) groups is 1. The van der Waals surface area contributed by atoms with E-state index in [0.717, 1.165) is 14.5 Å². The first-order valence-electron chi connectivity index (χ1n) is 5.42. The Morgan fingerprint density at radius 2 is 2.05 bits per heavy atom. The Morgan fingerprint density at radius 3 is 2.63 bits per heavy atom. The summed E-state index contributed by atoms with van der Waals surface area (Å²) in [5.74, 6) is -0.193. The highest BCUT2D eigenvalue weighted by atomic mass is 79.9. The van der Waals surface area contributed by atoms with E-state index in [-0.39, 0.29) is 18.9 Å². The van der Waals surface area contributed by atoms with Crippen LogP contribution in [0.3, 0.4) is 0 Å². The molecule has 8 heteroatoms. The van der Waals surface area contributed by atoms with Gasteiger partial charge in [-0.15, -0.1) is 0 Å². The van der Waals surface area contributed by atoms with Crippen molar-refractivity contribution in [3.63, 3.8) is 0 Å². The van der Waals surface area contributed by atoms with Crippen LogP contribution in [0, 0.1) is 0 Å². The molecule has 1 amide bonds. The van der Waals surface area contributed by atoms with Gasteiger partial charge in [0.05, 0.1) is 0 Å². The number of hydrogen-bond acceptors (Lipinski definition) is 3. The maximum atomic E-state index is 11.8. The van der Waals surface area contributed by atoms with Crippen LogP contribution in [0.4, 0.5) is 0 Å². The van der Waals surface area contributed by atoms with Crippen LogP contribution < -0.4 is 0 Å². The molecule has 104 valence electrons. The molecule has 0 radical (unpaired) electrons. The fourth-order valence-electron chi connectivity index (χ4n) is 1.95. The molecule has 1 aliphatic heterocycles. The highest BCUT2D eigenvalue weighted by molar-refractivity contribution is 9.11. The van der Waals surface area contributed by atoms with Crippen LogP contribution >= 0.6 is 42.5 Å². The average Bonchev–Trinajstić information content (AvgIpc) is 2.65. The third-order valence-electron chi connectivity index (χ3n) is 2.95. The van der Waals surface area contributed by atoms with E-state index in [0.29, 0.717) is 6.54 Å². The number of halogens is 3. The number of nitrogens with zero attached hydrogens (tertiary/aromatic N) is 1. The first-order chi connectivity index (χ1) is 8.77. The van der Waals surface area contributed by atoms with E-state index in [2.05, 4.69) is 31.9 Å². The van der Waals surface area contributed by atoms with Crippen LogP contribution in [0.5, 0.6) is 0 Å². The number of amides is 1. The number of hydrogen-bond donors (Lipinski definition) is 0. The second-order valence-corrected chi connectivity index (χ2v) is 8.99. The van der Waals surface area contributed by atoms with Gasteiger partial charge >= 0.3 is 0 Å². The zero-order valence-electron chi connectivity index (χ0n) is 9.64. The number of benzene rings is 1. The average molecular weight is 432 g/mol. The lowest BCUT2D eigenvalue weighted by atomic mass is 10.2. The minimum absolute atomic E-state index is 0.0442. The van der Waals surface area contributed by atoms with Crippen molar-refractivity contribution in [3.8, 4) is 0 Å². The van der Waals surface area contributed by atoms with Crippen molar-refractivity contribution < 1.29 is 13.2 Å². The van der Waals surface area contributed by atoms with Crippen LogP contribution in [0.2, 0.25) is 0 Å². The first-order valence-corrected chi connectivity index (χ1v) is 9.38. The fourth-order valence-corrected chi connectivity index (χ4v) is 3.79. The Labute approximate surface area is 132 Å². The minimum atomic E-state index is -3.69. The van der Waals surface area contributed by atoms with E-state index in [1.165, 1.54) is 4.90 Å². The Morgan fingerprint density at radius 1 is 1.37 bits per heavy atom. The Balaban J connectivity index is 2.16. The summed E-state index contributed by atoms with van der Waals surface area (Å²) in [4.78, 5) is 13.3. The molecule has 2 rings (SSSR count). The van der Waals surface area contributed by atoms with Crippen molar-refractivity contribution >= 4 is 57.5 Å². The third-order valence-corrected chi connectivity index (χ3v) is 6.08. The van der Waals surface area contributed by atoms with Gasteiger partial charge in [-0.1, -0.05) is 31.9 Å². The topological polar surface area (TPSA) is 54.5 Å². The quantitative estimate of drug-likeness (QED) is 0.692. The van der Waals surface area contributed by atoms with E-state index >= 15 is 0 Å². The van der Waals surface area contributed by atoms with E-state index < -0.39 is 14.3 Å². The molecule has 1 aromatic rings. The molecule has 0 aliphatic carbocycles. The highest BCUT2D eigenvalue weighted by Gasteiger charge is 2.37. The predicted octanol–water partition coefficient (Wildman–Crippen LogP) is 2.88. The maximum absolute atomic E-state index is 11.8. The fraction of sp³-hybridized carbons (Fsp3) is 0.364. The molecule has 0 aromatic heterocycles. The Hall–Kier alpha value is -0.110. The summed E-state index contributed by atoms with van der Waals surface area (Å²) in [6.07, 6.45) is -0.0442. The van der Waals surface area contributed by atoms with E-state index in [1.54, 1.807) is 0 Å². The zero-order valence-corrected chi connectivity index (χ0v) is 14.4. The smallest absolute Gasteiger partial charge is 0.237 e. The van der Waals surface area contributed by atoms with Gasteiger partial charge in [-0.2, -0.15) is 0 Å². The van der Waals surface area contributed by atoms with Gasteiger partial charge in [-0.05, 0) is 23.8 Å². The zero-order chi connectivity index (χ0) is 14.2. The van der Waals surface area contributed by atoms with E-state index in [4.69, 9.17) is 10.7 Å². The van der Waals surface area contributed by atoms with Gasteiger partial charge in [0.15, 0.2) is 0 Å². The molecule has 1 aromatic carbocycles. The molecule has 0 bridgehead atoms. The first kappa shape index (κ1) is 15.3. The molecule has 19 heavy (non-hydrogen) atoms. The predicted molar refractivity (Wildman–Crippen MR) is 80.4 cm³/mol. The highest BCUT2D eigenvalue weighted by Crippen LogP contribution is 2.27. The molecule has 0 N–H and O–H groups in total. The monoisotopic (exact) mass is 429 g/mol. The molecule has 1 aliphatic rings. The van der Waals surface area contributed by atoms with Crippen LogP contribution in [-0.4, -0.2) is 31.0 Å². The Kier molecular flexibility index (Phi) is 4.59. The Bertz CT molecular complexity index is 620. The van der Waals surface area contributed by atoms with Crippen molar-refractivity contribution in [2.24, 2.45) is 0 Å². The molecule has 1 unspecified atom stereocenters. The van der Waals surface area contributed by atoms with Crippen molar-refractivity contribution in [2.45, 2.75) is 18.2 Å². The maximum Gasteiger partial charge on any atom is 0.237 e. The second kappa shape index (κ2) is 5.71. The van der Waals surface area contributed by atoms with E-state index in [9.17, 15) is 13.2 Å². The number of likely N-dealkylation sites (tertiary alicyclic amines) is 1. The van der Waals surface area contributed by atoms with Crippen molar-refractivity contribution in [2.75, 3.05) is 6.54 Å². The van der Waals surface area contributed by atoms with Gasteiger partial charge in [0.25, 0.3) is 0 Å². The summed E-state index contributed by atoms with van der Waals surface area (Å²) >= 11 is 6.77. The van der Waals surface area contributed by atoms with Crippen molar-refractivity contribution in [1.29, 1.82) is 0 Å². The summed E-state index contributed by atoms with van der Waals surface area (Å²) < 4.78 is 24.3. The lowest BCUT2D eigenvalue weighted by Gasteiger charge is -2.17. The van der Waals surface area contributed by atoms with Gasteiger partial charge in [-0.25, -0.2) is 8.42 Å². The molecule has 0 spiro atoms. The SMILES string of the molecule is O=C1CC(S(=O)(=O)Cl)CN1Cc1cc(Br)ccc1Br. The molecular weight excluding hydrogens is 421 g/mol. The molecule has 1 heterocycles. The van der Waals surface area contributed by atoms with Crippen LogP contribution in [-0.2, 0) is 20.4 Å². The van der Waals surface area contributed by atoms with Gasteiger partial charge in [-0.3, -0.25) is 4.79 Å². The third kappa shape index (κ3) is 3.71. The second-order valence-electron chi connectivity index (χ2n) is 4.31. The van der Waals surface area contributed by atoms with Gasteiger partial charge in [0, 0.05) is 39.1 Å². The molecule has 4 nitrogen and oxygen atoms in total. The molecule has 0 saturated carbocycles. The van der Waals surface area contributed by atoms with Crippen molar-refractivity contribution in [1.82, 2.24) is 4.90 Å². The van der Waals surface area contributed by atoms with Crippen molar-refractivity contribution in [3.05, 3.63) is 32.7 Å². The summed E-state index contributed by atoms with van der Waals surface area (Å²) in [7, 11) is 1.62. The van der Waals surface area contributed by atoms with Crippen LogP contribution in [0.15, 0.2) is 27.1 Å². The van der Waals surface area contributed by atoms with Gasteiger partial charge in [0.1, 0.15) is 5.25 Å². The number of carbonyl (C=O) groups excluding carboxylic acids is 1. The molecule has 1 fully saturated rings. The molecular formula is C11H10Br2ClNO3S. The normalized spacial score (nSPS) is 20.1. The summed E-state index contributed by atoms with van der Waals surface area (Å²) in [5.41, 5.74) is 0.912. The minimum Gasteiger partial charge on any atom is -0.337 e. The van der Waals surface area contributed by atoms with Crippen LogP contribution in [0.25, 0.3) is 0 Å². The lowest BCUT2D eigenvalue weighted by molar-refractivity contribution is -0.128. The largest absolute Gasteiger partial charge is 0.337 e.